The van der Waals surface area contributed by atoms with Gasteiger partial charge in [0.2, 0.25) is 0 Å². The van der Waals surface area contributed by atoms with Crippen molar-refractivity contribution < 1.29 is 5.11 Å². The number of benzene rings is 2. The van der Waals surface area contributed by atoms with Crippen molar-refractivity contribution >= 4 is 0 Å². The molecular weight excluding hydrogens is 258 g/mol. The topological polar surface area (TPSA) is 23.5 Å². The van der Waals surface area contributed by atoms with E-state index in [-0.39, 0.29) is 12.0 Å². The van der Waals surface area contributed by atoms with Crippen LogP contribution in [-0.2, 0) is 5.60 Å². The van der Waals surface area contributed by atoms with Gasteiger partial charge < -0.3 is 5.11 Å². The Balaban J connectivity index is 1.99. The summed E-state index contributed by atoms with van der Waals surface area (Å²) >= 11 is 0. The summed E-state index contributed by atoms with van der Waals surface area (Å²) in [6, 6.07) is 20.9. The number of hydrogen-bond donors (Lipinski definition) is 1. The molecular formula is C19H23NO. The minimum atomic E-state index is -0.756. The van der Waals surface area contributed by atoms with Gasteiger partial charge in [-0.1, -0.05) is 67.6 Å². The van der Waals surface area contributed by atoms with Gasteiger partial charge in [0.05, 0.1) is 5.60 Å². The molecule has 2 aromatic rings. The monoisotopic (exact) mass is 281 g/mol. The average Bonchev–Trinajstić information content (AvgIpc) is 2.53. The van der Waals surface area contributed by atoms with Crippen LogP contribution in [0, 0.1) is 5.92 Å². The zero-order valence-electron chi connectivity index (χ0n) is 12.7. The van der Waals surface area contributed by atoms with Gasteiger partial charge in [-0.05, 0) is 24.6 Å². The maximum atomic E-state index is 11.3. The van der Waals surface area contributed by atoms with Gasteiger partial charge in [0.15, 0.2) is 0 Å². The molecule has 0 unspecified atom stereocenters. The van der Waals surface area contributed by atoms with Gasteiger partial charge in [-0.15, -0.1) is 0 Å². The largest absolute Gasteiger partial charge is 0.385 e. The van der Waals surface area contributed by atoms with Crippen LogP contribution in [-0.4, -0.2) is 23.6 Å². The zero-order valence-corrected chi connectivity index (χ0v) is 12.7. The molecule has 2 nitrogen and oxygen atoms in total. The molecule has 0 bridgehead atoms. The lowest BCUT2D eigenvalue weighted by Gasteiger charge is -2.48. The van der Waals surface area contributed by atoms with E-state index in [2.05, 4.69) is 43.1 Å². The first-order valence-corrected chi connectivity index (χ1v) is 7.66. The molecule has 1 aliphatic heterocycles. The maximum Gasteiger partial charge on any atom is 0.0952 e. The number of aliphatic hydroxyl groups is 1. The molecule has 110 valence electrons. The van der Waals surface area contributed by atoms with Crippen LogP contribution in [0.4, 0.5) is 0 Å². The standard InChI is InChI=1S/C19H23NO/c1-15-18(16-9-5-3-6-10-16)20(2)14-13-19(15,21)17-11-7-4-8-12-17/h3-12,15,18,21H,13-14H2,1-2H3/t15-,18-,19+/m1/s1. The molecule has 1 saturated heterocycles. The highest BCUT2D eigenvalue weighted by Crippen LogP contribution is 2.46. The predicted octanol–water partition coefficient (Wildman–Crippen LogP) is 3.59. The molecule has 0 aromatic heterocycles. The summed E-state index contributed by atoms with van der Waals surface area (Å²) in [6.07, 6.45) is 0.776. The molecule has 1 heterocycles. The van der Waals surface area contributed by atoms with E-state index < -0.39 is 5.60 Å². The van der Waals surface area contributed by atoms with Crippen LogP contribution in [0.25, 0.3) is 0 Å². The van der Waals surface area contributed by atoms with Gasteiger partial charge in [-0.25, -0.2) is 0 Å². The van der Waals surface area contributed by atoms with Crippen LogP contribution in [0.3, 0.4) is 0 Å². The molecule has 0 saturated carbocycles. The summed E-state index contributed by atoms with van der Waals surface area (Å²) in [6.45, 7) is 3.07. The van der Waals surface area contributed by atoms with Crippen LogP contribution in [0.2, 0.25) is 0 Å². The maximum absolute atomic E-state index is 11.3. The van der Waals surface area contributed by atoms with Gasteiger partial charge >= 0.3 is 0 Å². The summed E-state index contributed by atoms with van der Waals surface area (Å²) in [5.74, 6) is 0.140. The Morgan fingerprint density at radius 3 is 2.19 bits per heavy atom. The molecule has 0 aliphatic carbocycles. The van der Waals surface area contributed by atoms with Gasteiger partial charge in [-0.3, -0.25) is 4.90 Å². The Bertz CT molecular complexity index is 583. The molecule has 3 atom stereocenters. The molecule has 2 aromatic carbocycles. The number of nitrogens with zero attached hydrogens (tertiary/aromatic N) is 1. The predicted molar refractivity (Wildman–Crippen MR) is 85.9 cm³/mol. The van der Waals surface area contributed by atoms with Crippen molar-refractivity contribution in [2.45, 2.75) is 25.0 Å². The average molecular weight is 281 g/mol. The van der Waals surface area contributed by atoms with Crippen LogP contribution >= 0.6 is 0 Å². The van der Waals surface area contributed by atoms with Crippen LogP contribution in [0.1, 0.15) is 30.5 Å². The van der Waals surface area contributed by atoms with Gasteiger partial charge in [0, 0.05) is 18.5 Å². The van der Waals surface area contributed by atoms with E-state index in [1.54, 1.807) is 0 Å². The third-order valence-corrected chi connectivity index (χ3v) is 4.96. The first kappa shape index (κ1) is 14.3. The van der Waals surface area contributed by atoms with Crippen LogP contribution in [0.5, 0.6) is 0 Å². The molecule has 1 N–H and O–H groups in total. The van der Waals surface area contributed by atoms with Crippen molar-refractivity contribution in [1.82, 2.24) is 4.90 Å². The summed E-state index contributed by atoms with van der Waals surface area (Å²) < 4.78 is 0. The van der Waals surface area contributed by atoms with E-state index in [1.165, 1.54) is 5.56 Å². The molecule has 1 fully saturated rings. The highest BCUT2D eigenvalue weighted by Gasteiger charge is 2.45. The lowest BCUT2D eigenvalue weighted by atomic mass is 9.71. The third kappa shape index (κ3) is 2.50. The first-order chi connectivity index (χ1) is 10.1. The Labute approximate surface area is 127 Å². The Morgan fingerprint density at radius 1 is 1.00 bits per heavy atom. The normalized spacial score (nSPS) is 30.2. The SMILES string of the molecule is C[C@@H]1[C@H](c2ccccc2)N(C)CC[C@@]1(O)c1ccccc1. The highest BCUT2D eigenvalue weighted by atomic mass is 16.3. The highest BCUT2D eigenvalue weighted by molar-refractivity contribution is 5.28. The Hall–Kier alpha value is -1.64. The Morgan fingerprint density at radius 2 is 1.57 bits per heavy atom. The van der Waals surface area contributed by atoms with E-state index in [0.717, 1.165) is 18.5 Å². The van der Waals surface area contributed by atoms with E-state index in [4.69, 9.17) is 0 Å². The van der Waals surface area contributed by atoms with E-state index >= 15 is 0 Å². The molecule has 1 aliphatic rings. The van der Waals surface area contributed by atoms with Crippen molar-refractivity contribution in [3.05, 3.63) is 71.8 Å². The van der Waals surface area contributed by atoms with Gasteiger partial charge in [0.25, 0.3) is 0 Å². The lowest BCUT2D eigenvalue weighted by molar-refractivity contribution is -0.0952. The summed E-state index contributed by atoms with van der Waals surface area (Å²) in [5.41, 5.74) is 1.56. The number of likely N-dealkylation sites (tertiary alicyclic amines) is 1. The number of rotatable bonds is 2. The smallest absolute Gasteiger partial charge is 0.0952 e. The minimum absolute atomic E-state index is 0.140. The van der Waals surface area contributed by atoms with Crippen LogP contribution < -0.4 is 0 Å². The lowest BCUT2D eigenvalue weighted by Crippen LogP contribution is -2.49. The summed E-state index contributed by atoms with van der Waals surface area (Å²) in [7, 11) is 2.15. The number of piperidine rings is 1. The fourth-order valence-electron chi connectivity index (χ4n) is 3.68. The fourth-order valence-corrected chi connectivity index (χ4v) is 3.68. The van der Waals surface area contributed by atoms with Crippen molar-refractivity contribution in [3.63, 3.8) is 0 Å². The van der Waals surface area contributed by atoms with Gasteiger partial charge in [-0.2, -0.15) is 0 Å². The fraction of sp³-hybridized carbons (Fsp3) is 0.368. The van der Waals surface area contributed by atoms with Crippen molar-refractivity contribution in [2.24, 2.45) is 5.92 Å². The van der Waals surface area contributed by atoms with E-state index in [9.17, 15) is 5.11 Å². The van der Waals surface area contributed by atoms with Crippen molar-refractivity contribution in [3.8, 4) is 0 Å². The number of hydrogen-bond acceptors (Lipinski definition) is 2. The van der Waals surface area contributed by atoms with Crippen molar-refractivity contribution in [1.29, 1.82) is 0 Å². The second-order valence-electron chi connectivity index (χ2n) is 6.17. The van der Waals surface area contributed by atoms with Gasteiger partial charge in [0.1, 0.15) is 0 Å². The molecule has 0 spiro atoms. The Kier molecular flexibility index (Phi) is 3.83. The molecule has 2 heteroatoms. The second kappa shape index (κ2) is 5.63. The summed E-state index contributed by atoms with van der Waals surface area (Å²) in [5, 5.41) is 11.3. The van der Waals surface area contributed by atoms with E-state index in [0.29, 0.717) is 0 Å². The second-order valence-corrected chi connectivity index (χ2v) is 6.17. The molecule has 3 rings (SSSR count). The zero-order chi connectivity index (χ0) is 14.9. The molecule has 0 amide bonds. The molecule has 21 heavy (non-hydrogen) atoms. The quantitative estimate of drug-likeness (QED) is 0.909. The van der Waals surface area contributed by atoms with Crippen molar-refractivity contribution in [2.75, 3.05) is 13.6 Å². The van der Waals surface area contributed by atoms with E-state index in [1.807, 2.05) is 36.4 Å². The first-order valence-electron chi connectivity index (χ1n) is 7.66. The molecule has 0 radical (unpaired) electrons. The minimum Gasteiger partial charge on any atom is -0.385 e. The summed E-state index contributed by atoms with van der Waals surface area (Å²) in [4.78, 5) is 2.36. The van der Waals surface area contributed by atoms with Crippen LogP contribution in [0.15, 0.2) is 60.7 Å². The third-order valence-electron chi connectivity index (χ3n) is 4.96.